The lowest BCUT2D eigenvalue weighted by Gasteiger charge is -2.30. The Morgan fingerprint density at radius 2 is 1.82 bits per heavy atom. The summed E-state index contributed by atoms with van der Waals surface area (Å²) in [4.78, 5) is 14.8. The molecule has 0 aromatic heterocycles. The summed E-state index contributed by atoms with van der Waals surface area (Å²) in [6.07, 6.45) is 1.90. The molecule has 2 aromatic rings. The SMILES string of the molecule is COc1ccc(S(=O)(=O)NCc2ccccc2)cc1C(=O)N1CCC(C)CC1. The fraction of sp³-hybridized carbons (Fsp3) is 0.381. The highest BCUT2D eigenvalue weighted by Gasteiger charge is 2.26. The van der Waals surface area contributed by atoms with E-state index in [0.29, 0.717) is 24.8 Å². The molecule has 1 amide bonds. The molecule has 1 aliphatic rings. The summed E-state index contributed by atoms with van der Waals surface area (Å²) in [7, 11) is -2.28. The smallest absolute Gasteiger partial charge is 0.257 e. The number of likely N-dealkylation sites (tertiary alicyclic amines) is 1. The third kappa shape index (κ3) is 4.72. The number of sulfonamides is 1. The fourth-order valence-corrected chi connectivity index (χ4v) is 4.30. The topological polar surface area (TPSA) is 75.7 Å². The predicted octanol–water partition coefficient (Wildman–Crippen LogP) is 3.05. The maximum absolute atomic E-state index is 13.0. The van der Waals surface area contributed by atoms with Crippen LogP contribution in [0.3, 0.4) is 0 Å². The highest BCUT2D eigenvalue weighted by molar-refractivity contribution is 7.89. The molecule has 6 nitrogen and oxygen atoms in total. The van der Waals surface area contributed by atoms with Crippen molar-refractivity contribution in [2.24, 2.45) is 5.92 Å². The Morgan fingerprint density at radius 3 is 2.46 bits per heavy atom. The summed E-state index contributed by atoms with van der Waals surface area (Å²) in [5.41, 5.74) is 1.14. The zero-order chi connectivity index (χ0) is 20.1. The molecule has 1 fully saturated rings. The largest absolute Gasteiger partial charge is 0.496 e. The molecule has 0 saturated carbocycles. The predicted molar refractivity (Wildman–Crippen MR) is 108 cm³/mol. The number of hydrogen-bond donors (Lipinski definition) is 1. The van der Waals surface area contributed by atoms with Gasteiger partial charge in [-0.2, -0.15) is 0 Å². The van der Waals surface area contributed by atoms with Crippen molar-refractivity contribution in [2.75, 3.05) is 20.2 Å². The maximum Gasteiger partial charge on any atom is 0.257 e. The van der Waals surface area contributed by atoms with Crippen LogP contribution < -0.4 is 9.46 Å². The van der Waals surface area contributed by atoms with Gasteiger partial charge in [-0.3, -0.25) is 4.79 Å². The van der Waals surface area contributed by atoms with Crippen LogP contribution in [0.2, 0.25) is 0 Å². The maximum atomic E-state index is 13.0. The Morgan fingerprint density at radius 1 is 1.14 bits per heavy atom. The number of nitrogens with zero attached hydrogens (tertiary/aromatic N) is 1. The van der Waals surface area contributed by atoms with Crippen molar-refractivity contribution < 1.29 is 17.9 Å². The lowest BCUT2D eigenvalue weighted by Crippen LogP contribution is -2.38. The van der Waals surface area contributed by atoms with Crippen molar-refractivity contribution in [1.29, 1.82) is 0 Å². The van der Waals surface area contributed by atoms with Gasteiger partial charge in [0, 0.05) is 19.6 Å². The van der Waals surface area contributed by atoms with Crippen LogP contribution in [-0.4, -0.2) is 39.4 Å². The number of piperidine rings is 1. The zero-order valence-electron chi connectivity index (χ0n) is 16.2. The van der Waals surface area contributed by atoms with E-state index in [-0.39, 0.29) is 22.9 Å². The van der Waals surface area contributed by atoms with Crippen LogP contribution in [0.4, 0.5) is 0 Å². The number of carbonyl (C=O) groups is 1. The van der Waals surface area contributed by atoms with E-state index >= 15 is 0 Å². The van der Waals surface area contributed by atoms with Gasteiger partial charge in [-0.1, -0.05) is 37.3 Å². The average Bonchev–Trinajstić information content (AvgIpc) is 2.72. The van der Waals surface area contributed by atoms with Crippen molar-refractivity contribution in [3.05, 3.63) is 59.7 Å². The molecule has 0 atom stereocenters. The van der Waals surface area contributed by atoms with Crippen LogP contribution in [0.1, 0.15) is 35.7 Å². The van der Waals surface area contributed by atoms with Crippen molar-refractivity contribution in [3.8, 4) is 5.75 Å². The second-order valence-electron chi connectivity index (χ2n) is 7.15. The minimum atomic E-state index is -3.76. The molecule has 0 unspecified atom stereocenters. The monoisotopic (exact) mass is 402 g/mol. The molecule has 3 rings (SSSR count). The lowest BCUT2D eigenvalue weighted by atomic mass is 9.98. The molecule has 1 aliphatic heterocycles. The van der Waals surface area contributed by atoms with E-state index < -0.39 is 10.0 Å². The van der Waals surface area contributed by atoms with Crippen LogP contribution in [0, 0.1) is 5.92 Å². The number of carbonyl (C=O) groups excluding carboxylic acids is 1. The highest BCUT2D eigenvalue weighted by Crippen LogP contribution is 2.26. The molecule has 1 N–H and O–H groups in total. The van der Waals surface area contributed by atoms with E-state index in [1.54, 1.807) is 4.90 Å². The van der Waals surface area contributed by atoms with Crippen LogP contribution in [0.5, 0.6) is 5.75 Å². The number of amides is 1. The second kappa shape index (κ2) is 8.75. The lowest BCUT2D eigenvalue weighted by molar-refractivity contribution is 0.0693. The van der Waals surface area contributed by atoms with Gasteiger partial charge in [0.25, 0.3) is 5.91 Å². The minimum Gasteiger partial charge on any atom is -0.496 e. The molecule has 0 bridgehead atoms. The third-order valence-corrected chi connectivity index (χ3v) is 6.49. The van der Waals surface area contributed by atoms with E-state index in [9.17, 15) is 13.2 Å². The van der Waals surface area contributed by atoms with Gasteiger partial charge in [0.2, 0.25) is 10.0 Å². The van der Waals surface area contributed by atoms with Gasteiger partial charge in [-0.05, 0) is 42.5 Å². The van der Waals surface area contributed by atoms with E-state index in [1.807, 2.05) is 30.3 Å². The first kappa shape index (κ1) is 20.4. The quantitative estimate of drug-likeness (QED) is 0.806. The third-order valence-electron chi connectivity index (χ3n) is 5.09. The minimum absolute atomic E-state index is 0.0537. The van der Waals surface area contributed by atoms with Gasteiger partial charge < -0.3 is 9.64 Å². The second-order valence-corrected chi connectivity index (χ2v) is 8.91. The number of nitrogens with one attached hydrogen (secondary N) is 1. The van der Waals surface area contributed by atoms with Crippen molar-refractivity contribution in [2.45, 2.75) is 31.2 Å². The molecule has 7 heteroatoms. The highest BCUT2D eigenvalue weighted by atomic mass is 32.2. The Kier molecular flexibility index (Phi) is 6.36. The molecule has 2 aromatic carbocycles. The molecule has 150 valence electrons. The number of benzene rings is 2. The van der Waals surface area contributed by atoms with E-state index in [2.05, 4.69) is 11.6 Å². The molecule has 0 spiro atoms. The number of rotatable bonds is 6. The molecular weight excluding hydrogens is 376 g/mol. The van der Waals surface area contributed by atoms with Gasteiger partial charge >= 0.3 is 0 Å². The van der Waals surface area contributed by atoms with Gasteiger partial charge in [0.1, 0.15) is 5.75 Å². The average molecular weight is 403 g/mol. The van der Waals surface area contributed by atoms with E-state index in [0.717, 1.165) is 18.4 Å². The summed E-state index contributed by atoms with van der Waals surface area (Å²) >= 11 is 0. The normalized spacial score (nSPS) is 15.4. The number of ether oxygens (including phenoxy) is 1. The fourth-order valence-electron chi connectivity index (χ4n) is 3.26. The summed E-state index contributed by atoms with van der Waals surface area (Å²) in [5, 5.41) is 0. The summed E-state index contributed by atoms with van der Waals surface area (Å²) < 4.78 is 33.3. The van der Waals surface area contributed by atoms with Crippen molar-refractivity contribution >= 4 is 15.9 Å². The molecular formula is C21H26N2O4S. The van der Waals surface area contributed by atoms with Crippen LogP contribution in [0.25, 0.3) is 0 Å². The first-order valence-corrected chi connectivity index (χ1v) is 10.9. The molecule has 0 radical (unpaired) electrons. The molecule has 1 heterocycles. The van der Waals surface area contributed by atoms with Crippen molar-refractivity contribution in [3.63, 3.8) is 0 Å². The molecule has 1 saturated heterocycles. The van der Waals surface area contributed by atoms with Crippen LogP contribution >= 0.6 is 0 Å². The summed E-state index contributed by atoms with van der Waals surface area (Å²) in [6.45, 7) is 3.70. The van der Waals surface area contributed by atoms with Crippen LogP contribution in [0.15, 0.2) is 53.4 Å². The summed E-state index contributed by atoms with van der Waals surface area (Å²) in [5.74, 6) is 0.786. The Hall–Kier alpha value is -2.38. The van der Waals surface area contributed by atoms with Crippen molar-refractivity contribution in [1.82, 2.24) is 9.62 Å². The molecule has 0 aliphatic carbocycles. The summed E-state index contributed by atoms with van der Waals surface area (Å²) in [6, 6.07) is 13.7. The Balaban J connectivity index is 1.82. The van der Waals surface area contributed by atoms with Gasteiger partial charge in [-0.25, -0.2) is 13.1 Å². The molecule has 28 heavy (non-hydrogen) atoms. The first-order chi connectivity index (χ1) is 13.4. The van der Waals surface area contributed by atoms with E-state index in [1.165, 1.54) is 25.3 Å². The van der Waals surface area contributed by atoms with Gasteiger partial charge in [0.05, 0.1) is 17.6 Å². The number of hydrogen-bond acceptors (Lipinski definition) is 4. The van der Waals surface area contributed by atoms with E-state index in [4.69, 9.17) is 4.74 Å². The van der Waals surface area contributed by atoms with Gasteiger partial charge in [0.15, 0.2) is 0 Å². The van der Waals surface area contributed by atoms with Gasteiger partial charge in [-0.15, -0.1) is 0 Å². The Bertz CT molecular complexity index is 921. The standard InChI is InChI=1S/C21H26N2O4S/c1-16-10-12-23(13-11-16)21(24)19-14-18(8-9-20(19)27-2)28(25,26)22-15-17-6-4-3-5-7-17/h3-9,14,16,22H,10-13,15H2,1-2H3. The number of methoxy groups -OCH3 is 1. The zero-order valence-corrected chi connectivity index (χ0v) is 17.0. The van der Waals surface area contributed by atoms with Crippen LogP contribution in [-0.2, 0) is 16.6 Å². The Labute approximate surface area is 166 Å². The first-order valence-electron chi connectivity index (χ1n) is 9.41.